The third-order valence-electron chi connectivity index (χ3n) is 5.24. The fourth-order valence-electron chi connectivity index (χ4n) is 3.89. The molecule has 0 unspecified atom stereocenters. The summed E-state index contributed by atoms with van der Waals surface area (Å²) in [4.78, 5) is 30.1. The SMILES string of the molecule is CC(=O)N1CCN(C(=O)Cc2cc(F)cc(F)c2)[C@@H](CN2CC[C@H](O)C2)C1. The van der Waals surface area contributed by atoms with Crippen LogP contribution >= 0.6 is 0 Å². The van der Waals surface area contributed by atoms with Crippen LogP contribution in [0.4, 0.5) is 8.78 Å². The standard InChI is InChI=1S/C19H25F2N3O3/c1-13(25)23-4-5-24(17(11-23)10-22-3-2-18(26)12-22)19(27)8-14-6-15(20)9-16(21)7-14/h6-7,9,17-18,26H,2-5,8,10-12H2,1H3/t17-,18-/m0/s1. The number of aliphatic hydroxyl groups is 1. The van der Waals surface area contributed by atoms with E-state index in [1.54, 1.807) is 9.80 Å². The van der Waals surface area contributed by atoms with Crippen molar-refractivity contribution in [3.63, 3.8) is 0 Å². The second kappa shape index (κ2) is 8.31. The van der Waals surface area contributed by atoms with E-state index >= 15 is 0 Å². The van der Waals surface area contributed by atoms with Gasteiger partial charge in [-0.25, -0.2) is 8.78 Å². The summed E-state index contributed by atoms with van der Waals surface area (Å²) in [5, 5.41) is 9.73. The molecule has 2 fully saturated rings. The summed E-state index contributed by atoms with van der Waals surface area (Å²) in [7, 11) is 0. The molecule has 148 valence electrons. The van der Waals surface area contributed by atoms with Gasteiger partial charge in [0, 0.05) is 52.3 Å². The van der Waals surface area contributed by atoms with Crippen LogP contribution < -0.4 is 0 Å². The van der Waals surface area contributed by atoms with Gasteiger partial charge < -0.3 is 14.9 Å². The van der Waals surface area contributed by atoms with Gasteiger partial charge in [-0.05, 0) is 24.1 Å². The lowest BCUT2D eigenvalue weighted by Gasteiger charge is -2.42. The average molecular weight is 381 g/mol. The largest absolute Gasteiger partial charge is 0.392 e. The number of aliphatic hydroxyl groups excluding tert-OH is 1. The number of hydrogen-bond donors (Lipinski definition) is 1. The summed E-state index contributed by atoms with van der Waals surface area (Å²) in [6, 6.07) is 2.90. The number of likely N-dealkylation sites (tertiary alicyclic amines) is 1. The Labute approximate surface area is 157 Å². The summed E-state index contributed by atoms with van der Waals surface area (Å²) in [5.74, 6) is -1.67. The van der Waals surface area contributed by atoms with Crippen LogP contribution in [0.3, 0.4) is 0 Å². The topological polar surface area (TPSA) is 64.1 Å². The van der Waals surface area contributed by atoms with E-state index in [4.69, 9.17) is 0 Å². The van der Waals surface area contributed by atoms with Gasteiger partial charge in [-0.2, -0.15) is 0 Å². The number of amides is 2. The summed E-state index contributed by atoms with van der Waals surface area (Å²) < 4.78 is 26.8. The Morgan fingerprint density at radius 2 is 1.81 bits per heavy atom. The maximum Gasteiger partial charge on any atom is 0.227 e. The number of halogens is 2. The minimum atomic E-state index is -0.707. The van der Waals surface area contributed by atoms with Crippen LogP contribution in [0, 0.1) is 11.6 Å². The van der Waals surface area contributed by atoms with Crippen molar-refractivity contribution in [3.05, 3.63) is 35.4 Å². The highest BCUT2D eigenvalue weighted by Crippen LogP contribution is 2.18. The van der Waals surface area contributed by atoms with Gasteiger partial charge in [0.2, 0.25) is 11.8 Å². The Morgan fingerprint density at radius 3 is 2.41 bits per heavy atom. The molecular formula is C19H25F2N3O3. The van der Waals surface area contributed by atoms with E-state index in [1.807, 2.05) is 0 Å². The monoisotopic (exact) mass is 381 g/mol. The van der Waals surface area contributed by atoms with Crippen LogP contribution in [0.15, 0.2) is 18.2 Å². The third kappa shape index (κ3) is 5.01. The molecular weight excluding hydrogens is 356 g/mol. The summed E-state index contributed by atoms with van der Waals surface area (Å²) in [6.45, 7) is 4.61. The second-order valence-corrected chi connectivity index (χ2v) is 7.36. The molecule has 2 aliphatic rings. The maximum atomic E-state index is 13.4. The van der Waals surface area contributed by atoms with Gasteiger partial charge in [-0.15, -0.1) is 0 Å². The number of carbonyl (C=O) groups excluding carboxylic acids is 2. The Bertz CT molecular complexity index is 695. The first-order valence-corrected chi connectivity index (χ1v) is 9.22. The molecule has 2 amide bonds. The molecule has 0 spiro atoms. The van der Waals surface area contributed by atoms with Gasteiger partial charge in [0.05, 0.1) is 18.6 Å². The minimum Gasteiger partial charge on any atom is -0.392 e. The zero-order chi connectivity index (χ0) is 19.6. The highest BCUT2D eigenvalue weighted by molar-refractivity contribution is 5.80. The van der Waals surface area contributed by atoms with E-state index in [0.29, 0.717) is 44.7 Å². The Hall–Kier alpha value is -2.06. The first kappa shape index (κ1) is 19.7. The highest BCUT2D eigenvalue weighted by atomic mass is 19.1. The summed E-state index contributed by atoms with van der Waals surface area (Å²) in [6.07, 6.45) is 0.241. The van der Waals surface area contributed by atoms with Crippen molar-refractivity contribution in [3.8, 4) is 0 Å². The molecule has 2 atom stereocenters. The summed E-state index contributed by atoms with van der Waals surface area (Å²) in [5.41, 5.74) is 0.293. The molecule has 1 N–H and O–H groups in total. The Kier molecular flexibility index (Phi) is 6.06. The van der Waals surface area contributed by atoms with E-state index in [0.717, 1.165) is 12.6 Å². The zero-order valence-corrected chi connectivity index (χ0v) is 15.4. The smallest absolute Gasteiger partial charge is 0.227 e. The van der Waals surface area contributed by atoms with Gasteiger partial charge in [0.1, 0.15) is 11.6 Å². The van der Waals surface area contributed by atoms with E-state index in [2.05, 4.69) is 4.90 Å². The van der Waals surface area contributed by atoms with E-state index < -0.39 is 11.6 Å². The molecule has 0 aliphatic carbocycles. The predicted octanol–water partition coefficient (Wildman–Crippen LogP) is 0.633. The van der Waals surface area contributed by atoms with Gasteiger partial charge >= 0.3 is 0 Å². The van der Waals surface area contributed by atoms with Crippen molar-refractivity contribution in [2.75, 3.05) is 39.3 Å². The van der Waals surface area contributed by atoms with Gasteiger partial charge in [-0.1, -0.05) is 0 Å². The molecule has 0 aromatic heterocycles. The number of rotatable bonds is 4. The van der Waals surface area contributed by atoms with Crippen LogP contribution in [-0.4, -0.2) is 83.0 Å². The predicted molar refractivity (Wildman–Crippen MR) is 94.9 cm³/mol. The summed E-state index contributed by atoms with van der Waals surface area (Å²) >= 11 is 0. The van der Waals surface area contributed by atoms with Crippen LogP contribution in [-0.2, 0) is 16.0 Å². The van der Waals surface area contributed by atoms with Crippen molar-refractivity contribution in [2.45, 2.75) is 31.9 Å². The fraction of sp³-hybridized carbons (Fsp3) is 0.579. The van der Waals surface area contributed by atoms with Crippen molar-refractivity contribution < 1.29 is 23.5 Å². The van der Waals surface area contributed by atoms with Crippen molar-refractivity contribution >= 4 is 11.8 Å². The van der Waals surface area contributed by atoms with Gasteiger partial charge in [0.25, 0.3) is 0 Å². The number of β-amino-alcohol motifs (C(OH)–C–C–N with tert-alkyl or cyclic N) is 1. The Balaban J connectivity index is 1.71. The first-order valence-electron chi connectivity index (χ1n) is 9.22. The lowest BCUT2D eigenvalue weighted by atomic mass is 10.1. The normalized spacial score (nSPS) is 23.7. The van der Waals surface area contributed by atoms with Gasteiger partial charge in [-0.3, -0.25) is 14.5 Å². The molecule has 27 heavy (non-hydrogen) atoms. The molecule has 0 saturated carbocycles. The zero-order valence-electron chi connectivity index (χ0n) is 15.4. The van der Waals surface area contributed by atoms with Crippen molar-refractivity contribution in [1.82, 2.24) is 14.7 Å². The molecule has 2 saturated heterocycles. The molecule has 0 bridgehead atoms. The molecule has 8 heteroatoms. The van der Waals surface area contributed by atoms with Gasteiger partial charge in [0.15, 0.2) is 0 Å². The van der Waals surface area contributed by atoms with E-state index in [-0.39, 0.29) is 30.4 Å². The van der Waals surface area contributed by atoms with Crippen molar-refractivity contribution in [2.24, 2.45) is 0 Å². The lowest BCUT2D eigenvalue weighted by Crippen LogP contribution is -2.59. The molecule has 1 aromatic carbocycles. The maximum absolute atomic E-state index is 13.4. The van der Waals surface area contributed by atoms with Crippen LogP contribution in [0.1, 0.15) is 18.9 Å². The van der Waals surface area contributed by atoms with Crippen LogP contribution in [0.25, 0.3) is 0 Å². The number of benzene rings is 1. The number of carbonyl (C=O) groups is 2. The molecule has 6 nitrogen and oxygen atoms in total. The molecule has 0 radical (unpaired) electrons. The third-order valence-corrected chi connectivity index (χ3v) is 5.24. The number of nitrogens with zero attached hydrogens (tertiary/aromatic N) is 3. The molecule has 2 aliphatic heterocycles. The number of piperazine rings is 1. The minimum absolute atomic E-state index is 0.0410. The van der Waals surface area contributed by atoms with E-state index in [1.165, 1.54) is 19.1 Å². The van der Waals surface area contributed by atoms with Crippen LogP contribution in [0.5, 0.6) is 0 Å². The Morgan fingerprint density at radius 1 is 1.11 bits per heavy atom. The molecule has 2 heterocycles. The second-order valence-electron chi connectivity index (χ2n) is 7.36. The highest BCUT2D eigenvalue weighted by Gasteiger charge is 2.34. The number of hydrogen-bond acceptors (Lipinski definition) is 4. The average Bonchev–Trinajstić information content (AvgIpc) is 2.98. The van der Waals surface area contributed by atoms with E-state index in [9.17, 15) is 23.5 Å². The van der Waals surface area contributed by atoms with Crippen molar-refractivity contribution in [1.29, 1.82) is 0 Å². The fourth-order valence-corrected chi connectivity index (χ4v) is 3.89. The molecule has 3 rings (SSSR count). The lowest BCUT2D eigenvalue weighted by molar-refractivity contribution is -0.142. The quantitative estimate of drug-likeness (QED) is 0.831. The van der Waals surface area contributed by atoms with Crippen LogP contribution in [0.2, 0.25) is 0 Å². The first-order chi connectivity index (χ1) is 12.8. The molecule has 1 aromatic rings.